The van der Waals surface area contributed by atoms with Crippen molar-refractivity contribution in [3.63, 3.8) is 0 Å². The molecule has 2 aromatic carbocycles. The van der Waals surface area contributed by atoms with Crippen LogP contribution in [0.15, 0.2) is 91.3 Å². The van der Waals surface area contributed by atoms with Gasteiger partial charge in [-0.3, -0.25) is 4.98 Å². The molecule has 0 radical (unpaired) electrons. The van der Waals surface area contributed by atoms with Gasteiger partial charge in [-0.05, 0) is 72.7 Å². The van der Waals surface area contributed by atoms with Crippen molar-refractivity contribution in [1.82, 2.24) is 19.8 Å². The number of nitrogens with zero attached hydrogens (tertiary/aromatic N) is 3. The van der Waals surface area contributed by atoms with Crippen LogP contribution >= 0.6 is 23.8 Å². The zero-order valence-corrected chi connectivity index (χ0v) is 19.2. The van der Waals surface area contributed by atoms with Gasteiger partial charge in [-0.15, -0.1) is 0 Å². The summed E-state index contributed by atoms with van der Waals surface area (Å²) in [5.74, 6) is 0. The number of hydrogen-bond donors (Lipinski definition) is 1. The Morgan fingerprint density at radius 1 is 1.00 bits per heavy atom. The molecule has 160 valence electrons. The number of halogens is 1. The maximum atomic E-state index is 6.29. The Bertz CT molecular complexity index is 1240. The predicted octanol–water partition coefficient (Wildman–Crippen LogP) is 6.01. The summed E-state index contributed by atoms with van der Waals surface area (Å²) in [5, 5.41) is 5.04. The van der Waals surface area contributed by atoms with E-state index in [2.05, 4.69) is 80.6 Å². The van der Waals surface area contributed by atoms with E-state index in [0.29, 0.717) is 6.54 Å². The molecule has 0 aliphatic carbocycles. The Morgan fingerprint density at radius 3 is 2.56 bits per heavy atom. The number of hydrogen-bond acceptors (Lipinski definition) is 2. The van der Waals surface area contributed by atoms with Crippen molar-refractivity contribution in [2.75, 3.05) is 0 Å². The van der Waals surface area contributed by atoms with E-state index in [4.69, 9.17) is 23.8 Å². The molecule has 0 amide bonds. The average molecular weight is 459 g/mol. The van der Waals surface area contributed by atoms with E-state index in [1.807, 2.05) is 37.4 Å². The molecule has 1 aliphatic heterocycles. The molecule has 0 spiro atoms. The first-order valence-corrected chi connectivity index (χ1v) is 11.4. The van der Waals surface area contributed by atoms with Gasteiger partial charge in [-0.1, -0.05) is 48.0 Å². The van der Waals surface area contributed by atoms with Gasteiger partial charge in [-0.25, -0.2) is 0 Å². The first-order chi connectivity index (χ1) is 15.6. The molecule has 1 aliphatic rings. The van der Waals surface area contributed by atoms with Crippen molar-refractivity contribution in [1.29, 1.82) is 0 Å². The summed E-state index contributed by atoms with van der Waals surface area (Å²) in [4.78, 5) is 6.91. The van der Waals surface area contributed by atoms with Crippen LogP contribution in [-0.2, 0) is 6.54 Å². The maximum absolute atomic E-state index is 6.29. The fourth-order valence-electron chi connectivity index (χ4n) is 4.33. The van der Waals surface area contributed by atoms with Crippen molar-refractivity contribution >= 4 is 28.9 Å². The molecule has 1 saturated heterocycles. The standard InChI is InChI=1S/C26H23ClN4S/c1-18-16-20(12-13-21(18)27)30-15-7-11-23(30)25-24(22-10-5-6-14-28-22)29-26(32)31(25)17-19-8-3-2-4-9-19/h2-16,24-25H,17H2,1H3,(H,29,32). The smallest absolute Gasteiger partial charge is 0.170 e. The lowest BCUT2D eigenvalue weighted by Gasteiger charge is -2.29. The SMILES string of the molecule is Cc1cc(-n2cccc2C2C(c3ccccn3)NC(=S)N2Cc2ccccc2)ccc1Cl. The van der Waals surface area contributed by atoms with Gasteiger partial charge in [0, 0.05) is 35.3 Å². The second-order valence-corrected chi connectivity index (χ2v) is 8.77. The van der Waals surface area contributed by atoms with Crippen molar-refractivity contribution in [3.05, 3.63) is 119 Å². The van der Waals surface area contributed by atoms with Gasteiger partial charge in [-0.2, -0.15) is 0 Å². The quantitative estimate of drug-likeness (QED) is 0.371. The average Bonchev–Trinajstić information content (AvgIpc) is 3.42. The molecular formula is C26H23ClN4S. The fraction of sp³-hybridized carbons (Fsp3) is 0.154. The lowest BCUT2D eigenvalue weighted by atomic mass is 10.0. The zero-order chi connectivity index (χ0) is 22.1. The monoisotopic (exact) mass is 458 g/mol. The highest BCUT2D eigenvalue weighted by Crippen LogP contribution is 2.40. The van der Waals surface area contributed by atoms with Gasteiger partial charge in [0.1, 0.15) is 0 Å². The predicted molar refractivity (Wildman–Crippen MR) is 133 cm³/mol. The van der Waals surface area contributed by atoms with E-state index in [9.17, 15) is 0 Å². The minimum Gasteiger partial charge on any atom is -0.352 e. The molecule has 0 bridgehead atoms. The van der Waals surface area contributed by atoms with Gasteiger partial charge in [0.05, 0.1) is 17.8 Å². The summed E-state index contributed by atoms with van der Waals surface area (Å²) in [6.45, 7) is 2.74. The fourth-order valence-corrected chi connectivity index (χ4v) is 4.75. The van der Waals surface area contributed by atoms with Gasteiger partial charge in [0.25, 0.3) is 0 Å². The molecule has 32 heavy (non-hydrogen) atoms. The molecule has 4 nitrogen and oxygen atoms in total. The second kappa shape index (κ2) is 8.77. The lowest BCUT2D eigenvalue weighted by molar-refractivity contribution is 0.302. The molecule has 1 N–H and O–H groups in total. The van der Waals surface area contributed by atoms with Crippen LogP contribution in [0.4, 0.5) is 0 Å². The number of rotatable bonds is 5. The molecule has 5 rings (SSSR count). The molecule has 2 unspecified atom stereocenters. The van der Waals surface area contributed by atoms with E-state index < -0.39 is 0 Å². The number of benzene rings is 2. The molecular weight excluding hydrogens is 436 g/mol. The minimum absolute atomic E-state index is 0.0245. The van der Waals surface area contributed by atoms with Crippen LogP contribution < -0.4 is 5.32 Å². The maximum Gasteiger partial charge on any atom is 0.170 e. The second-order valence-electron chi connectivity index (χ2n) is 7.98. The highest BCUT2D eigenvalue weighted by atomic mass is 35.5. The third kappa shape index (κ3) is 3.90. The Kier molecular flexibility index (Phi) is 5.68. The van der Waals surface area contributed by atoms with Crippen LogP contribution in [0, 0.1) is 6.92 Å². The van der Waals surface area contributed by atoms with Crippen LogP contribution in [0.25, 0.3) is 5.69 Å². The third-order valence-electron chi connectivity index (χ3n) is 5.90. The highest BCUT2D eigenvalue weighted by molar-refractivity contribution is 7.80. The largest absolute Gasteiger partial charge is 0.352 e. The normalized spacial score (nSPS) is 18.1. The highest BCUT2D eigenvalue weighted by Gasteiger charge is 2.41. The number of aryl methyl sites for hydroxylation is 1. The van der Waals surface area contributed by atoms with E-state index >= 15 is 0 Å². The molecule has 3 heterocycles. The Balaban J connectivity index is 1.61. The summed E-state index contributed by atoms with van der Waals surface area (Å²) in [5.41, 5.74) is 5.44. The van der Waals surface area contributed by atoms with Crippen LogP contribution in [0.3, 0.4) is 0 Å². The Hall–Kier alpha value is -3.15. The number of thiocarbonyl (C=S) groups is 1. The van der Waals surface area contributed by atoms with E-state index in [0.717, 1.165) is 32.8 Å². The third-order valence-corrected chi connectivity index (χ3v) is 6.67. The Labute approximate surface area is 198 Å². The molecule has 6 heteroatoms. The summed E-state index contributed by atoms with van der Waals surface area (Å²) in [6.07, 6.45) is 3.92. The van der Waals surface area contributed by atoms with Crippen LogP contribution in [0.1, 0.15) is 34.6 Å². The lowest BCUT2D eigenvalue weighted by Crippen LogP contribution is -2.30. The van der Waals surface area contributed by atoms with Crippen LogP contribution in [0.5, 0.6) is 0 Å². The molecule has 2 aromatic heterocycles. The summed E-state index contributed by atoms with van der Waals surface area (Å²) in [6, 6.07) is 26.7. The van der Waals surface area contributed by atoms with Crippen molar-refractivity contribution < 1.29 is 0 Å². The summed E-state index contributed by atoms with van der Waals surface area (Å²) in [7, 11) is 0. The zero-order valence-electron chi connectivity index (χ0n) is 17.6. The van der Waals surface area contributed by atoms with Crippen molar-refractivity contribution in [2.45, 2.75) is 25.6 Å². The summed E-state index contributed by atoms with van der Waals surface area (Å²) < 4.78 is 2.22. The van der Waals surface area contributed by atoms with E-state index in [-0.39, 0.29) is 12.1 Å². The van der Waals surface area contributed by atoms with E-state index in [1.54, 1.807) is 0 Å². The topological polar surface area (TPSA) is 33.1 Å². The Morgan fingerprint density at radius 2 is 1.81 bits per heavy atom. The molecule has 0 saturated carbocycles. The van der Waals surface area contributed by atoms with Gasteiger partial charge >= 0.3 is 0 Å². The number of nitrogens with one attached hydrogen (secondary N) is 1. The number of aromatic nitrogens is 2. The van der Waals surface area contributed by atoms with E-state index in [1.165, 1.54) is 5.56 Å². The van der Waals surface area contributed by atoms with Gasteiger partial charge < -0.3 is 14.8 Å². The van der Waals surface area contributed by atoms with Gasteiger partial charge in [0.2, 0.25) is 0 Å². The van der Waals surface area contributed by atoms with Gasteiger partial charge in [0.15, 0.2) is 5.11 Å². The molecule has 2 atom stereocenters. The minimum atomic E-state index is -0.0607. The van der Waals surface area contributed by atoms with Crippen LogP contribution in [-0.4, -0.2) is 19.6 Å². The van der Waals surface area contributed by atoms with Crippen molar-refractivity contribution in [2.24, 2.45) is 0 Å². The van der Waals surface area contributed by atoms with Crippen molar-refractivity contribution in [3.8, 4) is 5.69 Å². The summed E-state index contributed by atoms with van der Waals surface area (Å²) >= 11 is 12.1. The van der Waals surface area contributed by atoms with Crippen LogP contribution in [0.2, 0.25) is 5.02 Å². The first kappa shape index (κ1) is 20.7. The number of pyridine rings is 1. The first-order valence-electron chi connectivity index (χ1n) is 10.6. The molecule has 4 aromatic rings. The molecule has 1 fully saturated rings.